The summed E-state index contributed by atoms with van der Waals surface area (Å²) in [7, 11) is -1.83. The molecule has 0 saturated heterocycles. The maximum atomic E-state index is 11.5. The molecule has 0 bridgehead atoms. The number of carboxylic acid groups (broad SMARTS) is 1. The Hall–Kier alpha value is -1.66. The van der Waals surface area contributed by atoms with Crippen LogP contribution >= 0.6 is 0 Å². The fourth-order valence-corrected chi connectivity index (χ4v) is 3.11. The van der Waals surface area contributed by atoms with Crippen LogP contribution in [0, 0.1) is 0 Å². The Labute approximate surface area is 132 Å². The first kappa shape index (κ1) is 16.7. The smallest absolute Gasteiger partial charge is 0.354 e. The molecule has 1 N–H and O–H groups in total. The van der Waals surface area contributed by atoms with Crippen LogP contribution in [0.4, 0.5) is 0 Å². The Bertz CT molecular complexity index is 686. The molecule has 120 valence electrons. The topological polar surface area (TPSA) is 64.4 Å². The molecular weight excluding hydrogens is 296 g/mol. The number of hydrogen-bond donors (Lipinski definition) is 1. The maximum absolute atomic E-state index is 11.5. The Balaban J connectivity index is 2.19. The van der Waals surface area contributed by atoms with Crippen LogP contribution in [0.3, 0.4) is 0 Å². The molecule has 5 nitrogen and oxygen atoms in total. The second-order valence-corrected chi connectivity index (χ2v) is 11.8. The van der Waals surface area contributed by atoms with E-state index in [9.17, 15) is 9.90 Å². The van der Waals surface area contributed by atoms with E-state index >= 15 is 0 Å². The molecule has 0 radical (unpaired) electrons. The lowest BCUT2D eigenvalue weighted by Crippen LogP contribution is -2.41. The molecule has 2 aromatic rings. The molecule has 0 amide bonds. The van der Waals surface area contributed by atoms with Crippen molar-refractivity contribution in [1.82, 2.24) is 9.78 Å². The van der Waals surface area contributed by atoms with Gasteiger partial charge in [-0.3, -0.25) is 4.68 Å². The SMILES string of the molecule is CC(C)(C)[Si](C)(C)OCCn1nc2ccccc2c1C(=O)O. The van der Waals surface area contributed by atoms with Gasteiger partial charge in [-0.1, -0.05) is 39.0 Å². The number of aromatic nitrogens is 2. The summed E-state index contributed by atoms with van der Waals surface area (Å²) in [6.07, 6.45) is 0. The van der Waals surface area contributed by atoms with Gasteiger partial charge in [0.25, 0.3) is 0 Å². The van der Waals surface area contributed by atoms with Gasteiger partial charge in [-0.05, 0) is 24.2 Å². The number of aromatic carboxylic acids is 1. The lowest BCUT2D eigenvalue weighted by Gasteiger charge is -2.36. The lowest BCUT2D eigenvalue weighted by molar-refractivity contribution is 0.0684. The van der Waals surface area contributed by atoms with Crippen LogP contribution in [0.2, 0.25) is 18.1 Å². The van der Waals surface area contributed by atoms with E-state index in [0.717, 1.165) is 0 Å². The third kappa shape index (κ3) is 3.23. The maximum Gasteiger partial charge on any atom is 0.354 e. The highest BCUT2D eigenvalue weighted by molar-refractivity contribution is 6.74. The van der Waals surface area contributed by atoms with E-state index < -0.39 is 14.3 Å². The van der Waals surface area contributed by atoms with Crippen LogP contribution in [0.25, 0.3) is 10.9 Å². The van der Waals surface area contributed by atoms with E-state index in [4.69, 9.17) is 4.43 Å². The summed E-state index contributed by atoms with van der Waals surface area (Å²) >= 11 is 0. The summed E-state index contributed by atoms with van der Waals surface area (Å²) in [4.78, 5) is 11.5. The van der Waals surface area contributed by atoms with Crippen LogP contribution in [-0.4, -0.2) is 35.8 Å². The Morgan fingerprint density at radius 3 is 2.55 bits per heavy atom. The zero-order valence-electron chi connectivity index (χ0n) is 13.9. The average Bonchev–Trinajstić information content (AvgIpc) is 2.75. The fraction of sp³-hybridized carbons (Fsp3) is 0.500. The molecule has 0 spiro atoms. The van der Waals surface area contributed by atoms with E-state index in [-0.39, 0.29) is 10.7 Å². The predicted octanol–water partition coefficient (Wildman–Crippen LogP) is 3.76. The minimum absolute atomic E-state index is 0.136. The number of nitrogens with zero attached hydrogens (tertiary/aromatic N) is 2. The monoisotopic (exact) mass is 320 g/mol. The van der Waals surface area contributed by atoms with Crippen molar-refractivity contribution in [2.45, 2.75) is 45.4 Å². The Morgan fingerprint density at radius 2 is 1.95 bits per heavy atom. The van der Waals surface area contributed by atoms with Crippen molar-refractivity contribution in [3.8, 4) is 0 Å². The number of benzene rings is 1. The molecule has 22 heavy (non-hydrogen) atoms. The van der Waals surface area contributed by atoms with Gasteiger partial charge < -0.3 is 9.53 Å². The van der Waals surface area contributed by atoms with Gasteiger partial charge in [0.1, 0.15) is 0 Å². The number of rotatable bonds is 5. The molecule has 0 unspecified atom stereocenters. The number of hydrogen-bond acceptors (Lipinski definition) is 3. The van der Waals surface area contributed by atoms with Crippen LogP contribution in [0.5, 0.6) is 0 Å². The molecule has 0 atom stereocenters. The summed E-state index contributed by atoms with van der Waals surface area (Å²) in [5.74, 6) is -0.957. The Morgan fingerprint density at radius 1 is 1.32 bits per heavy atom. The van der Waals surface area contributed by atoms with Gasteiger partial charge in [-0.25, -0.2) is 4.79 Å². The summed E-state index contributed by atoms with van der Waals surface area (Å²) < 4.78 is 7.66. The van der Waals surface area contributed by atoms with Gasteiger partial charge in [-0.2, -0.15) is 5.10 Å². The quantitative estimate of drug-likeness (QED) is 0.852. The van der Waals surface area contributed by atoms with E-state index in [1.807, 2.05) is 18.2 Å². The molecular formula is C16H24N2O3Si. The number of carbonyl (C=O) groups is 1. The fourth-order valence-electron chi connectivity index (χ4n) is 2.07. The van der Waals surface area contributed by atoms with Crippen LogP contribution < -0.4 is 0 Å². The zero-order chi connectivity index (χ0) is 16.5. The molecule has 0 aliphatic rings. The lowest BCUT2D eigenvalue weighted by atomic mass is 10.2. The van der Waals surface area contributed by atoms with Crippen molar-refractivity contribution < 1.29 is 14.3 Å². The number of carboxylic acids is 1. The van der Waals surface area contributed by atoms with Crippen LogP contribution in [-0.2, 0) is 11.0 Å². The van der Waals surface area contributed by atoms with E-state index in [1.165, 1.54) is 0 Å². The molecule has 0 saturated carbocycles. The zero-order valence-corrected chi connectivity index (χ0v) is 14.9. The van der Waals surface area contributed by atoms with Crippen molar-refractivity contribution in [2.75, 3.05) is 6.61 Å². The molecule has 0 aliphatic heterocycles. The van der Waals surface area contributed by atoms with Crippen molar-refractivity contribution >= 4 is 25.2 Å². The first-order chi connectivity index (χ1) is 10.1. The highest BCUT2D eigenvalue weighted by Crippen LogP contribution is 2.36. The summed E-state index contributed by atoms with van der Waals surface area (Å²) in [5, 5.41) is 14.6. The van der Waals surface area contributed by atoms with Gasteiger partial charge in [0.15, 0.2) is 14.0 Å². The molecule has 0 aliphatic carbocycles. The molecule has 1 aromatic carbocycles. The molecule has 1 aromatic heterocycles. The van der Waals surface area contributed by atoms with E-state index in [0.29, 0.717) is 24.1 Å². The van der Waals surface area contributed by atoms with Crippen molar-refractivity contribution in [3.05, 3.63) is 30.0 Å². The summed E-state index contributed by atoms with van der Waals surface area (Å²) in [6.45, 7) is 11.8. The summed E-state index contributed by atoms with van der Waals surface area (Å²) in [5.41, 5.74) is 0.932. The van der Waals surface area contributed by atoms with Crippen molar-refractivity contribution in [2.24, 2.45) is 0 Å². The normalized spacial score (nSPS) is 12.8. The highest BCUT2D eigenvalue weighted by Gasteiger charge is 2.37. The van der Waals surface area contributed by atoms with E-state index in [2.05, 4.69) is 39.0 Å². The van der Waals surface area contributed by atoms with Gasteiger partial charge >= 0.3 is 5.97 Å². The minimum Gasteiger partial charge on any atom is -0.477 e. The average molecular weight is 320 g/mol. The Kier molecular flexibility index (Phi) is 4.44. The first-order valence-electron chi connectivity index (χ1n) is 7.46. The second-order valence-electron chi connectivity index (χ2n) is 7.00. The van der Waals surface area contributed by atoms with Gasteiger partial charge in [-0.15, -0.1) is 0 Å². The summed E-state index contributed by atoms with van der Waals surface area (Å²) in [6, 6.07) is 7.30. The van der Waals surface area contributed by atoms with Gasteiger partial charge in [0, 0.05) is 5.39 Å². The highest BCUT2D eigenvalue weighted by atomic mass is 28.4. The second kappa shape index (κ2) is 5.85. The largest absolute Gasteiger partial charge is 0.477 e. The van der Waals surface area contributed by atoms with Crippen molar-refractivity contribution in [1.29, 1.82) is 0 Å². The van der Waals surface area contributed by atoms with E-state index in [1.54, 1.807) is 10.7 Å². The molecule has 6 heteroatoms. The molecule has 1 heterocycles. The predicted molar refractivity (Wildman–Crippen MR) is 89.8 cm³/mol. The third-order valence-electron chi connectivity index (χ3n) is 4.42. The molecule has 2 rings (SSSR count). The first-order valence-corrected chi connectivity index (χ1v) is 10.4. The van der Waals surface area contributed by atoms with Gasteiger partial charge in [0.05, 0.1) is 18.7 Å². The van der Waals surface area contributed by atoms with Gasteiger partial charge in [0.2, 0.25) is 0 Å². The van der Waals surface area contributed by atoms with Crippen LogP contribution in [0.1, 0.15) is 31.3 Å². The van der Waals surface area contributed by atoms with Crippen molar-refractivity contribution in [3.63, 3.8) is 0 Å². The van der Waals surface area contributed by atoms with Crippen LogP contribution in [0.15, 0.2) is 24.3 Å². The third-order valence-corrected chi connectivity index (χ3v) is 8.96. The minimum atomic E-state index is -1.83. The number of fused-ring (bicyclic) bond motifs is 1. The standard InChI is InChI=1S/C16H24N2O3Si/c1-16(2,3)22(4,5)21-11-10-18-14(15(19)20)12-8-6-7-9-13(12)17-18/h6-9H,10-11H2,1-5H3,(H,19,20). The molecule has 0 fully saturated rings.